The number of ether oxygens (including phenoxy) is 1. The Hall–Kier alpha value is -2.08. The lowest BCUT2D eigenvalue weighted by atomic mass is 10.1. The van der Waals surface area contributed by atoms with Crippen molar-refractivity contribution in [3.05, 3.63) is 33.9 Å². The van der Waals surface area contributed by atoms with Crippen molar-refractivity contribution in [2.45, 2.75) is 45.1 Å². The van der Waals surface area contributed by atoms with Crippen LogP contribution in [0.2, 0.25) is 0 Å². The van der Waals surface area contributed by atoms with Crippen molar-refractivity contribution in [1.82, 2.24) is 0 Å². The van der Waals surface area contributed by atoms with E-state index in [1.54, 1.807) is 19.1 Å². The summed E-state index contributed by atoms with van der Waals surface area (Å²) in [6, 6.07) is 1.66. The van der Waals surface area contributed by atoms with Crippen molar-refractivity contribution in [3.8, 4) is 5.75 Å². The highest BCUT2D eigenvalue weighted by atomic mass is 16.5. The third-order valence-corrected chi connectivity index (χ3v) is 3.23. The van der Waals surface area contributed by atoms with Crippen molar-refractivity contribution in [3.63, 3.8) is 0 Å². The van der Waals surface area contributed by atoms with E-state index in [9.17, 15) is 14.7 Å². The predicted octanol–water partition coefficient (Wildman–Crippen LogP) is 2.37. The molecule has 0 aromatic carbocycles. The van der Waals surface area contributed by atoms with Crippen molar-refractivity contribution in [1.29, 1.82) is 0 Å². The van der Waals surface area contributed by atoms with Gasteiger partial charge in [-0.3, -0.25) is 4.79 Å². The molecule has 0 spiro atoms. The van der Waals surface area contributed by atoms with E-state index in [1.807, 2.05) is 6.08 Å². The summed E-state index contributed by atoms with van der Waals surface area (Å²) in [6.45, 7) is 1.64. The summed E-state index contributed by atoms with van der Waals surface area (Å²) >= 11 is 0. The predicted molar refractivity (Wildman–Crippen MR) is 82.0 cm³/mol. The van der Waals surface area contributed by atoms with Gasteiger partial charge < -0.3 is 19.4 Å². The second-order valence-electron chi connectivity index (χ2n) is 5.07. The Morgan fingerprint density at radius 3 is 2.82 bits per heavy atom. The molecule has 0 aliphatic heterocycles. The average molecular weight is 310 g/mol. The molecule has 6 nitrogen and oxygen atoms in total. The van der Waals surface area contributed by atoms with Crippen LogP contribution in [0, 0.1) is 6.92 Å². The molecule has 0 aliphatic rings. The maximum atomic E-state index is 11.6. The molecule has 2 N–H and O–H groups in total. The Bertz CT molecular complexity index is 572. The quantitative estimate of drug-likeness (QED) is 0.680. The van der Waals surface area contributed by atoms with E-state index in [4.69, 9.17) is 14.3 Å². The molecule has 1 aromatic heterocycles. The van der Waals surface area contributed by atoms with E-state index in [1.165, 1.54) is 7.11 Å². The summed E-state index contributed by atoms with van der Waals surface area (Å²) in [7, 11) is 1.50. The van der Waals surface area contributed by atoms with Crippen LogP contribution in [0.4, 0.5) is 0 Å². The zero-order chi connectivity index (χ0) is 16.5. The number of allylic oxidation sites excluding steroid dienone is 1. The largest absolute Gasteiger partial charge is 0.496 e. The van der Waals surface area contributed by atoms with Crippen molar-refractivity contribution in [2.75, 3.05) is 7.11 Å². The van der Waals surface area contributed by atoms with Crippen LogP contribution >= 0.6 is 0 Å². The first-order valence-electron chi connectivity index (χ1n) is 7.19. The highest BCUT2D eigenvalue weighted by Crippen LogP contribution is 2.16. The van der Waals surface area contributed by atoms with Crippen LogP contribution in [0.15, 0.2) is 21.4 Å². The zero-order valence-electron chi connectivity index (χ0n) is 12.9. The molecule has 0 saturated carbocycles. The van der Waals surface area contributed by atoms with Gasteiger partial charge in [0.1, 0.15) is 11.5 Å². The molecule has 1 heterocycles. The van der Waals surface area contributed by atoms with Crippen molar-refractivity contribution < 1.29 is 24.2 Å². The molecule has 1 unspecified atom stereocenters. The highest BCUT2D eigenvalue weighted by molar-refractivity contribution is 5.67. The van der Waals surface area contributed by atoms with Crippen LogP contribution in [0.5, 0.6) is 5.75 Å². The van der Waals surface area contributed by atoms with E-state index in [2.05, 4.69) is 0 Å². The van der Waals surface area contributed by atoms with E-state index in [0.29, 0.717) is 23.5 Å². The van der Waals surface area contributed by atoms with E-state index < -0.39 is 17.7 Å². The molecule has 0 radical (unpaired) electrons. The van der Waals surface area contributed by atoms with E-state index >= 15 is 0 Å². The number of rotatable bonds is 9. The molecule has 22 heavy (non-hydrogen) atoms. The Labute approximate surface area is 129 Å². The molecule has 1 atom stereocenters. The molecule has 0 aliphatic carbocycles. The fourth-order valence-corrected chi connectivity index (χ4v) is 1.99. The summed E-state index contributed by atoms with van der Waals surface area (Å²) in [5.41, 5.74) is 0.0165. The van der Waals surface area contributed by atoms with Gasteiger partial charge in [-0.2, -0.15) is 0 Å². The normalized spacial score (nSPS) is 12.5. The van der Waals surface area contributed by atoms with Gasteiger partial charge in [0.2, 0.25) is 0 Å². The molecule has 0 fully saturated rings. The van der Waals surface area contributed by atoms with Gasteiger partial charge in [-0.1, -0.05) is 12.5 Å². The summed E-state index contributed by atoms with van der Waals surface area (Å²) in [6.07, 6.45) is 5.34. The van der Waals surface area contributed by atoms with Gasteiger partial charge in [-0.05, 0) is 32.3 Å². The Morgan fingerprint density at radius 2 is 2.18 bits per heavy atom. The number of hydrogen-bond acceptors (Lipinski definition) is 5. The number of unbranched alkanes of at least 4 members (excludes halogenated alkanes) is 2. The fraction of sp³-hybridized carbons (Fsp3) is 0.500. The van der Waals surface area contributed by atoms with Gasteiger partial charge in [0.15, 0.2) is 0 Å². The third-order valence-electron chi connectivity index (χ3n) is 3.23. The number of carbonyl (C=O) groups is 1. The van der Waals surface area contributed by atoms with Gasteiger partial charge in [0.25, 0.3) is 0 Å². The summed E-state index contributed by atoms with van der Waals surface area (Å²) in [5.74, 6) is -0.0678. The Kier molecular flexibility index (Phi) is 7.39. The fourth-order valence-electron chi connectivity index (χ4n) is 1.99. The molecule has 122 valence electrons. The Balaban J connectivity index is 2.39. The van der Waals surface area contributed by atoms with Crippen molar-refractivity contribution in [2.24, 2.45) is 0 Å². The molecule has 1 rings (SSSR count). The minimum Gasteiger partial charge on any atom is -0.496 e. The maximum Gasteiger partial charge on any atom is 0.342 e. The lowest BCUT2D eigenvalue weighted by Crippen LogP contribution is -2.12. The van der Waals surface area contributed by atoms with Crippen LogP contribution in [0.3, 0.4) is 0 Å². The van der Waals surface area contributed by atoms with E-state index in [0.717, 1.165) is 19.3 Å². The molecule has 0 amide bonds. The van der Waals surface area contributed by atoms with Gasteiger partial charge >= 0.3 is 11.6 Å². The van der Waals surface area contributed by atoms with Crippen LogP contribution in [0.25, 0.3) is 6.08 Å². The monoisotopic (exact) mass is 310 g/mol. The minimum absolute atomic E-state index is 0.218. The van der Waals surface area contributed by atoms with Gasteiger partial charge in [0, 0.05) is 6.07 Å². The first-order valence-corrected chi connectivity index (χ1v) is 7.19. The summed E-state index contributed by atoms with van der Waals surface area (Å²) in [5, 5.41) is 17.9. The second kappa shape index (κ2) is 9.04. The number of hydrogen-bond donors (Lipinski definition) is 2. The Morgan fingerprint density at radius 1 is 1.45 bits per heavy atom. The zero-order valence-corrected chi connectivity index (χ0v) is 12.9. The smallest absolute Gasteiger partial charge is 0.342 e. The first-order chi connectivity index (χ1) is 10.4. The lowest BCUT2D eigenvalue weighted by Gasteiger charge is -2.06. The first kappa shape index (κ1) is 18.0. The summed E-state index contributed by atoms with van der Waals surface area (Å²) < 4.78 is 10.2. The summed E-state index contributed by atoms with van der Waals surface area (Å²) in [4.78, 5) is 21.9. The third kappa shape index (κ3) is 6.13. The number of carboxylic acids is 1. The lowest BCUT2D eigenvalue weighted by molar-refractivity contribution is -0.139. The number of carboxylic acid groups (broad SMARTS) is 1. The van der Waals surface area contributed by atoms with Crippen LogP contribution in [0.1, 0.15) is 43.4 Å². The standard InChI is InChI=1S/C16H22O6/c1-11-14(21-2)10-13(22-16(11)20)8-6-4-3-5-7-12(17)9-15(18)19/h6,8,10,12,17H,3-5,7,9H2,1-2H3,(H,18,19)/b8-6+. The highest BCUT2D eigenvalue weighted by Gasteiger charge is 2.08. The minimum atomic E-state index is -0.990. The number of aliphatic hydroxyl groups excluding tert-OH is 1. The molecule has 1 aromatic rings. The second-order valence-corrected chi connectivity index (χ2v) is 5.07. The number of aliphatic carboxylic acids is 1. The van der Waals surface area contributed by atoms with Gasteiger partial charge in [-0.25, -0.2) is 4.79 Å². The van der Waals surface area contributed by atoms with E-state index in [-0.39, 0.29) is 6.42 Å². The average Bonchev–Trinajstić information content (AvgIpc) is 2.45. The van der Waals surface area contributed by atoms with Crippen molar-refractivity contribution >= 4 is 12.0 Å². The number of aliphatic hydroxyl groups is 1. The van der Waals surface area contributed by atoms with Crippen LogP contribution in [-0.4, -0.2) is 29.4 Å². The molecule has 0 bridgehead atoms. The van der Waals surface area contributed by atoms with Gasteiger partial charge in [-0.15, -0.1) is 0 Å². The topological polar surface area (TPSA) is 97.0 Å². The maximum absolute atomic E-state index is 11.6. The van der Waals surface area contributed by atoms with Crippen LogP contribution in [-0.2, 0) is 4.79 Å². The van der Waals surface area contributed by atoms with Crippen LogP contribution < -0.4 is 10.4 Å². The van der Waals surface area contributed by atoms with Gasteiger partial charge in [0.05, 0.1) is 25.2 Å². The molecule has 6 heteroatoms. The molecular weight excluding hydrogens is 288 g/mol. The molecule has 0 saturated heterocycles. The molecular formula is C16H22O6. The number of methoxy groups -OCH3 is 1. The SMILES string of the molecule is COc1cc(/C=C/CCCCC(O)CC(=O)O)oc(=O)c1C.